The summed E-state index contributed by atoms with van der Waals surface area (Å²) in [6, 6.07) is 5.47. The molecule has 0 radical (unpaired) electrons. The van der Waals surface area contributed by atoms with Crippen LogP contribution in [0.2, 0.25) is 0 Å². The van der Waals surface area contributed by atoms with Gasteiger partial charge in [0.2, 0.25) is 0 Å². The molecule has 110 valence electrons. The SMILES string of the molecule is COCCC1(CNC(=O)c2ccc(NN)cc2C)CC1. The number of ether oxygens (including phenoxy) is 1. The van der Waals surface area contributed by atoms with Crippen LogP contribution in [0.3, 0.4) is 0 Å². The minimum Gasteiger partial charge on any atom is -0.385 e. The monoisotopic (exact) mass is 277 g/mol. The first-order valence-corrected chi connectivity index (χ1v) is 6.95. The van der Waals surface area contributed by atoms with E-state index in [9.17, 15) is 4.79 Å². The number of amides is 1. The van der Waals surface area contributed by atoms with Crippen LogP contribution in [-0.4, -0.2) is 26.2 Å². The van der Waals surface area contributed by atoms with Gasteiger partial charge in [0.05, 0.1) is 0 Å². The fourth-order valence-electron chi connectivity index (χ4n) is 2.38. The molecule has 1 saturated carbocycles. The molecule has 1 aliphatic carbocycles. The van der Waals surface area contributed by atoms with E-state index >= 15 is 0 Å². The summed E-state index contributed by atoms with van der Waals surface area (Å²) in [7, 11) is 1.71. The van der Waals surface area contributed by atoms with Gasteiger partial charge in [-0.2, -0.15) is 0 Å². The van der Waals surface area contributed by atoms with Crippen LogP contribution in [-0.2, 0) is 4.74 Å². The molecule has 0 bridgehead atoms. The number of benzene rings is 1. The molecule has 1 fully saturated rings. The first kappa shape index (κ1) is 14.8. The van der Waals surface area contributed by atoms with Gasteiger partial charge in [0.15, 0.2) is 0 Å². The van der Waals surface area contributed by atoms with E-state index in [2.05, 4.69) is 10.7 Å². The van der Waals surface area contributed by atoms with Crippen LogP contribution in [0.4, 0.5) is 5.69 Å². The van der Waals surface area contributed by atoms with E-state index in [0.29, 0.717) is 5.56 Å². The third kappa shape index (κ3) is 3.49. The highest BCUT2D eigenvalue weighted by Crippen LogP contribution is 2.48. The number of anilines is 1. The first-order valence-electron chi connectivity index (χ1n) is 6.95. The van der Waals surface area contributed by atoms with Gasteiger partial charge in [-0.15, -0.1) is 0 Å². The molecule has 2 rings (SSSR count). The highest BCUT2D eigenvalue weighted by Gasteiger charge is 2.42. The summed E-state index contributed by atoms with van der Waals surface area (Å²) in [5.74, 6) is 5.33. The lowest BCUT2D eigenvalue weighted by Gasteiger charge is -2.16. The number of rotatable bonds is 7. The lowest BCUT2D eigenvalue weighted by atomic mass is 10.0. The summed E-state index contributed by atoms with van der Waals surface area (Å²) in [4.78, 5) is 12.2. The number of carbonyl (C=O) groups excluding carboxylic acids is 1. The maximum absolute atomic E-state index is 12.2. The van der Waals surface area contributed by atoms with Crippen molar-refractivity contribution in [3.05, 3.63) is 29.3 Å². The van der Waals surface area contributed by atoms with Crippen LogP contribution >= 0.6 is 0 Å². The molecule has 5 nitrogen and oxygen atoms in total. The first-order chi connectivity index (χ1) is 9.60. The summed E-state index contributed by atoms with van der Waals surface area (Å²) in [5.41, 5.74) is 5.26. The van der Waals surface area contributed by atoms with Crippen molar-refractivity contribution >= 4 is 11.6 Å². The van der Waals surface area contributed by atoms with Crippen LogP contribution in [0.25, 0.3) is 0 Å². The van der Waals surface area contributed by atoms with Crippen molar-refractivity contribution in [3.8, 4) is 0 Å². The molecule has 5 heteroatoms. The Morgan fingerprint density at radius 1 is 1.45 bits per heavy atom. The van der Waals surface area contributed by atoms with Crippen molar-refractivity contribution in [3.63, 3.8) is 0 Å². The maximum Gasteiger partial charge on any atom is 0.251 e. The zero-order valence-corrected chi connectivity index (χ0v) is 12.2. The van der Waals surface area contributed by atoms with Crippen molar-refractivity contribution < 1.29 is 9.53 Å². The largest absolute Gasteiger partial charge is 0.385 e. The molecule has 4 N–H and O–H groups in total. The summed E-state index contributed by atoms with van der Waals surface area (Å²) in [6.45, 7) is 3.39. The fraction of sp³-hybridized carbons (Fsp3) is 0.533. The van der Waals surface area contributed by atoms with Gasteiger partial charge in [-0.1, -0.05) is 0 Å². The number of carbonyl (C=O) groups is 1. The molecule has 0 heterocycles. The van der Waals surface area contributed by atoms with Crippen molar-refractivity contribution in [2.75, 3.05) is 25.7 Å². The molecule has 0 aliphatic heterocycles. The number of aryl methyl sites for hydroxylation is 1. The van der Waals surface area contributed by atoms with Gasteiger partial charge >= 0.3 is 0 Å². The quantitative estimate of drug-likeness (QED) is 0.525. The summed E-state index contributed by atoms with van der Waals surface area (Å²) in [5, 5.41) is 3.04. The van der Waals surface area contributed by atoms with Crippen molar-refractivity contribution in [1.82, 2.24) is 5.32 Å². The van der Waals surface area contributed by atoms with E-state index in [0.717, 1.165) is 30.8 Å². The van der Waals surface area contributed by atoms with Gasteiger partial charge in [0.25, 0.3) is 5.91 Å². The smallest absolute Gasteiger partial charge is 0.251 e. The van der Waals surface area contributed by atoms with Crippen molar-refractivity contribution in [1.29, 1.82) is 0 Å². The van der Waals surface area contributed by atoms with E-state index in [4.69, 9.17) is 10.6 Å². The lowest BCUT2D eigenvalue weighted by molar-refractivity contribution is 0.0937. The highest BCUT2D eigenvalue weighted by molar-refractivity contribution is 5.96. The number of methoxy groups -OCH3 is 1. The molecular formula is C15H23N3O2. The number of hydrogen-bond acceptors (Lipinski definition) is 4. The second kappa shape index (κ2) is 6.24. The third-order valence-electron chi connectivity index (χ3n) is 4.06. The average Bonchev–Trinajstić information content (AvgIpc) is 3.23. The molecule has 1 aromatic carbocycles. The fourth-order valence-corrected chi connectivity index (χ4v) is 2.38. The number of hydrogen-bond donors (Lipinski definition) is 3. The predicted molar refractivity (Wildman–Crippen MR) is 79.5 cm³/mol. The van der Waals surface area contributed by atoms with Crippen LogP contribution < -0.4 is 16.6 Å². The Bertz CT molecular complexity index is 484. The molecule has 0 aromatic heterocycles. The Kier molecular flexibility index (Phi) is 4.62. The molecule has 0 spiro atoms. The van der Waals surface area contributed by atoms with Gasteiger partial charge in [-0.05, 0) is 55.4 Å². The van der Waals surface area contributed by atoms with Crippen LogP contribution in [0.15, 0.2) is 18.2 Å². The summed E-state index contributed by atoms with van der Waals surface area (Å²) < 4.78 is 5.12. The van der Waals surface area contributed by atoms with E-state index < -0.39 is 0 Å². The van der Waals surface area contributed by atoms with Gasteiger partial charge < -0.3 is 15.5 Å². The standard InChI is InChI=1S/C15H23N3O2/c1-11-9-12(18-16)3-4-13(11)14(19)17-10-15(5-6-15)7-8-20-2/h3-4,9,18H,5-8,10,16H2,1-2H3,(H,17,19). The van der Waals surface area contributed by atoms with E-state index in [-0.39, 0.29) is 11.3 Å². The van der Waals surface area contributed by atoms with Gasteiger partial charge in [-0.3, -0.25) is 10.6 Å². The highest BCUT2D eigenvalue weighted by atomic mass is 16.5. The summed E-state index contributed by atoms with van der Waals surface area (Å²) >= 11 is 0. The Labute approximate surface area is 119 Å². The second-order valence-electron chi connectivity index (χ2n) is 5.60. The lowest BCUT2D eigenvalue weighted by Crippen LogP contribution is -2.31. The molecule has 20 heavy (non-hydrogen) atoms. The second-order valence-corrected chi connectivity index (χ2v) is 5.60. The molecule has 1 aliphatic rings. The molecular weight excluding hydrogens is 254 g/mol. The normalized spacial score (nSPS) is 15.8. The molecule has 1 amide bonds. The molecule has 0 atom stereocenters. The number of nitrogen functional groups attached to an aromatic ring is 1. The van der Waals surface area contributed by atoms with Crippen molar-refractivity contribution in [2.45, 2.75) is 26.2 Å². The number of nitrogens with one attached hydrogen (secondary N) is 2. The Hall–Kier alpha value is -1.59. The van der Waals surface area contributed by atoms with E-state index in [1.54, 1.807) is 19.2 Å². The molecule has 0 unspecified atom stereocenters. The van der Waals surface area contributed by atoms with E-state index in [1.807, 2.05) is 13.0 Å². The number of hydrazine groups is 1. The van der Waals surface area contributed by atoms with Gasteiger partial charge in [0, 0.05) is 31.5 Å². The van der Waals surface area contributed by atoms with E-state index in [1.165, 1.54) is 12.8 Å². The Morgan fingerprint density at radius 3 is 2.75 bits per heavy atom. The molecule has 1 aromatic rings. The summed E-state index contributed by atoms with van der Waals surface area (Å²) in [6.07, 6.45) is 3.36. The predicted octanol–water partition coefficient (Wildman–Crippen LogP) is 1.83. The van der Waals surface area contributed by atoms with Crippen molar-refractivity contribution in [2.24, 2.45) is 11.3 Å². The van der Waals surface area contributed by atoms with Gasteiger partial charge in [-0.25, -0.2) is 0 Å². The van der Waals surface area contributed by atoms with Gasteiger partial charge in [0.1, 0.15) is 0 Å². The molecule has 0 saturated heterocycles. The Morgan fingerprint density at radius 2 is 2.20 bits per heavy atom. The number of nitrogens with two attached hydrogens (primary N) is 1. The average molecular weight is 277 g/mol. The Balaban J connectivity index is 1.92. The van der Waals surface area contributed by atoms with Crippen LogP contribution in [0.5, 0.6) is 0 Å². The minimum atomic E-state index is -0.0187. The zero-order chi connectivity index (χ0) is 14.6. The maximum atomic E-state index is 12.2. The zero-order valence-electron chi connectivity index (χ0n) is 12.2. The minimum absolute atomic E-state index is 0.0187. The topological polar surface area (TPSA) is 76.4 Å². The van der Waals surface area contributed by atoms with Crippen LogP contribution in [0, 0.1) is 12.3 Å². The van der Waals surface area contributed by atoms with Crippen LogP contribution in [0.1, 0.15) is 35.2 Å². The third-order valence-corrected chi connectivity index (χ3v) is 4.06.